The van der Waals surface area contributed by atoms with Crippen LogP contribution in [0.5, 0.6) is 0 Å². The van der Waals surface area contributed by atoms with Crippen LogP contribution in [-0.4, -0.2) is 71.3 Å². The van der Waals surface area contributed by atoms with E-state index in [2.05, 4.69) is 16.0 Å². The van der Waals surface area contributed by atoms with Gasteiger partial charge in [-0.05, 0) is 33.1 Å². The van der Waals surface area contributed by atoms with Crippen LogP contribution in [-0.2, 0) is 14.3 Å². The van der Waals surface area contributed by atoms with Gasteiger partial charge in [-0.2, -0.15) is 0 Å². The molecule has 0 aromatic heterocycles. The molecule has 0 unspecified atom stereocenters. The lowest BCUT2D eigenvalue weighted by molar-refractivity contribution is -0.142. The highest BCUT2D eigenvalue weighted by Crippen LogP contribution is 2.10. The molecular formula is C17H30N4O6. The van der Waals surface area contributed by atoms with E-state index in [1.807, 2.05) is 13.8 Å². The lowest BCUT2D eigenvalue weighted by atomic mass is 10.0. The Hall–Kier alpha value is -2.52. The summed E-state index contributed by atoms with van der Waals surface area (Å²) in [5.74, 6) is -1.83. The molecular weight excluding hydrogens is 356 g/mol. The lowest BCUT2D eigenvalue weighted by Gasteiger charge is -2.26. The van der Waals surface area contributed by atoms with E-state index in [1.54, 1.807) is 20.8 Å². The minimum absolute atomic E-state index is 0.0725. The van der Waals surface area contributed by atoms with Gasteiger partial charge in [-0.15, -0.1) is 0 Å². The average Bonchev–Trinajstić information content (AvgIpc) is 2.88. The van der Waals surface area contributed by atoms with Gasteiger partial charge in [0.05, 0.1) is 6.54 Å². The molecule has 1 saturated heterocycles. The molecule has 27 heavy (non-hydrogen) atoms. The highest BCUT2D eigenvalue weighted by Gasteiger charge is 2.31. The number of hydrogen-bond donors (Lipinski definition) is 4. The second kappa shape index (κ2) is 9.43. The van der Waals surface area contributed by atoms with E-state index in [1.165, 1.54) is 4.90 Å². The zero-order chi connectivity index (χ0) is 20.8. The minimum atomic E-state index is -1.28. The van der Waals surface area contributed by atoms with Crippen LogP contribution in [0.2, 0.25) is 0 Å². The molecule has 2 atom stereocenters. The van der Waals surface area contributed by atoms with E-state index in [0.29, 0.717) is 19.5 Å². The summed E-state index contributed by atoms with van der Waals surface area (Å²) < 4.78 is 5.17. The molecule has 0 aromatic rings. The number of amides is 4. The maximum atomic E-state index is 12.6. The molecule has 1 heterocycles. The Balaban J connectivity index is 2.78. The van der Waals surface area contributed by atoms with Crippen molar-refractivity contribution in [3.05, 3.63) is 0 Å². The van der Waals surface area contributed by atoms with E-state index >= 15 is 0 Å². The van der Waals surface area contributed by atoms with E-state index in [0.717, 1.165) is 0 Å². The second-order valence-corrected chi connectivity index (χ2v) is 7.91. The summed E-state index contributed by atoms with van der Waals surface area (Å²) in [7, 11) is 0. The number of alkyl carbamates (subject to hydrolysis) is 1. The maximum Gasteiger partial charge on any atom is 0.408 e. The molecule has 0 saturated carbocycles. The Morgan fingerprint density at radius 3 is 2.30 bits per heavy atom. The zero-order valence-corrected chi connectivity index (χ0v) is 16.5. The Morgan fingerprint density at radius 1 is 1.22 bits per heavy atom. The van der Waals surface area contributed by atoms with Crippen molar-refractivity contribution in [3.63, 3.8) is 0 Å². The van der Waals surface area contributed by atoms with Crippen LogP contribution < -0.4 is 16.0 Å². The number of carbonyl (C=O) groups excluding carboxylic acids is 3. The van der Waals surface area contributed by atoms with Crippen molar-refractivity contribution in [2.75, 3.05) is 19.6 Å². The number of carboxylic acids is 1. The third-order valence-electron chi connectivity index (χ3n) is 3.68. The Kier molecular flexibility index (Phi) is 7.86. The molecule has 0 bridgehead atoms. The molecule has 154 valence electrons. The number of nitrogens with zero attached hydrogens (tertiary/aromatic N) is 1. The van der Waals surface area contributed by atoms with Crippen molar-refractivity contribution in [2.45, 2.75) is 58.7 Å². The van der Waals surface area contributed by atoms with Crippen LogP contribution >= 0.6 is 0 Å². The maximum absolute atomic E-state index is 12.6. The van der Waals surface area contributed by atoms with E-state index in [-0.39, 0.29) is 18.5 Å². The predicted octanol–water partition coefficient (Wildman–Crippen LogP) is 0.520. The number of nitrogens with one attached hydrogen (secondary N) is 3. The van der Waals surface area contributed by atoms with Crippen molar-refractivity contribution >= 4 is 24.0 Å². The largest absolute Gasteiger partial charge is 0.480 e. The number of carboxylic acid groups (broad SMARTS) is 1. The topological polar surface area (TPSA) is 137 Å². The number of rotatable bonds is 8. The van der Waals surface area contributed by atoms with Gasteiger partial charge >= 0.3 is 18.1 Å². The number of urea groups is 1. The van der Waals surface area contributed by atoms with Gasteiger partial charge < -0.3 is 30.7 Å². The van der Waals surface area contributed by atoms with Crippen LogP contribution in [0.4, 0.5) is 9.59 Å². The molecule has 0 aliphatic carbocycles. The molecule has 10 heteroatoms. The van der Waals surface area contributed by atoms with Gasteiger partial charge in [0.15, 0.2) is 0 Å². The monoisotopic (exact) mass is 386 g/mol. The lowest BCUT2D eigenvalue weighted by Crippen LogP contribution is -2.55. The SMILES string of the molecule is CC(C)C[C@H](NC(=O)OC(C)(C)C)C(=O)N[C@@H](CN1CCNC1=O)C(=O)O. The van der Waals surface area contributed by atoms with E-state index in [9.17, 15) is 24.3 Å². The fourth-order valence-corrected chi connectivity index (χ4v) is 2.52. The van der Waals surface area contributed by atoms with E-state index < -0.39 is 35.7 Å². The first-order chi connectivity index (χ1) is 12.4. The average molecular weight is 386 g/mol. The van der Waals surface area contributed by atoms with Crippen LogP contribution in [0.1, 0.15) is 41.0 Å². The number of ether oxygens (including phenoxy) is 1. The first-order valence-corrected chi connectivity index (χ1v) is 8.94. The molecule has 10 nitrogen and oxygen atoms in total. The number of aliphatic carboxylic acids is 1. The van der Waals surface area contributed by atoms with Crippen molar-refractivity contribution in [1.82, 2.24) is 20.9 Å². The minimum Gasteiger partial charge on any atom is -0.480 e. The van der Waals surface area contributed by atoms with Crippen molar-refractivity contribution < 1.29 is 29.0 Å². The van der Waals surface area contributed by atoms with Crippen molar-refractivity contribution in [2.24, 2.45) is 5.92 Å². The summed E-state index contributed by atoms with van der Waals surface area (Å²) in [6.45, 7) is 9.48. The van der Waals surface area contributed by atoms with Gasteiger partial charge in [0.25, 0.3) is 0 Å². The third kappa shape index (κ3) is 8.14. The van der Waals surface area contributed by atoms with Gasteiger partial charge in [-0.3, -0.25) is 4.79 Å². The zero-order valence-electron chi connectivity index (χ0n) is 16.5. The molecule has 1 aliphatic heterocycles. The molecule has 0 radical (unpaired) electrons. The van der Waals surface area contributed by atoms with Crippen molar-refractivity contribution in [1.29, 1.82) is 0 Å². The molecule has 4 amide bonds. The first-order valence-electron chi connectivity index (χ1n) is 8.94. The summed E-state index contributed by atoms with van der Waals surface area (Å²) in [6.07, 6.45) is -0.448. The highest BCUT2D eigenvalue weighted by atomic mass is 16.6. The standard InChI is InChI=1S/C17H30N4O6/c1-10(2)8-11(20-16(26)27-17(3,4)5)13(22)19-12(14(23)24)9-21-7-6-18-15(21)25/h10-12H,6-9H2,1-5H3,(H,18,25)(H,19,22)(H,20,26)(H,23,24)/t11-,12-/m0/s1. The molecule has 1 rings (SSSR count). The smallest absolute Gasteiger partial charge is 0.408 e. The third-order valence-corrected chi connectivity index (χ3v) is 3.68. The van der Waals surface area contributed by atoms with Crippen LogP contribution in [0.15, 0.2) is 0 Å². The molecule has 0 aromatic carbocycles. The molecule has 4 N–H and O–H groups in total. The Labute approximate surface area is 159 Å². The second-order valence-electron chi connectivity index (χ2n) is 7.91. The van der Waals surface area contributed by atoms with Crippen molar-refractivity contribution in [3.8, 4) is 0 Å². The summed E-state index contributed by atoms with van der Waals surface area (Å²) in [6, 6.07) is -2.60. The first kappa shape index (κ1) is 22.5. The fourth-order valence-electron chi connectivity index (χ4n) is 2.52. The highest BCUT2D eigenvalue weighted by molar-refractivity contribution is 5.89. The summed E-state index contributed by atoms with van der Waals surface area (Å²) >= 11 is 0. The van der Waals surface area contributed by atoms with Crippen LogP contribution in [0.3, 0.4) is 0 Å². The van der Waals surface area contributed by atoms with Crippen LogP contribution in [0.25, 0.3) is 0 Å². The quantitative estimate of drug-likeness (QED) is 0.480. The van der Waals surface area contributed by atoms with Gasteiger partial charge in [0.1, 0.15) is 17.7 Å². The predicted molar refractivity (Wildman–Crippen MR) is 97.2 cm³/mol. The summed E-state index contributed by atoms with van der Waals surface area (Å²) in [5, 5.41) is 16.9. The molecule has 1 fully saturated rings. The Morgan fingerprint density at radius 2 is 1.85 bits per heavy atom. The van der Waals surface area contributed by atoms with Gasteiger partial charge in [0.2, 0.25) is 5.91 Å². The van der Waals surface area contributed by atoms with Crippen LogP contribution in [0, 0.1) is 5.92 Å². The summed E-state index contributed by atoms with van der Waals surface area (Å²) in [4.78, 5) is 49.0. The van der Waals surface area contributed by atoms with Gasteiger partial charge in [-0.25, -0.2) is 14.4 Å². The summed E-state index contributed by atoms with van der Waals surface area (Å²) in [5.41, 5.74) is -0.727. The van der Waals surface area contributed by atoms with Gasteiger partial charge in [0, 0.05) is 13.1 Å². The number of hydrogen-bond acceptors (Lipinski definition) is 5. The molecule has 0 spiro atoms. The normalized spacial score (nSPS) is 16.5. The van der Waals surface area contributed by atoms with E-state index in [4.69, 9.17) is 4.74 Å². The molecule has 1 aliphatic rings. The fraction of sp³-hybridized carbons (Fsp3) is 0.765. The number of carbonyl (C=O) groups is 4. The Bertz CT molecular complexity index is 572. The van der Waals surface area contributed by atoms with Gasteiger partial charge in [-0.1, -0.05) is 13.8 Å².